The number of imidazole rings is 1. The van der Waals surface area contributed by atoms with E-state index in [1.54, 1.807) is 16.7 Å². The normalized spacial score (nSPS) is 11.3. The number of amides is 1. The van der Waals surface area contributed by atoms with Crippen LogP contribution in [0.5, 0.6) is 0 Å². The number of para-hydroxylation sites is 2. The fourth-order valence-electron chi connectivity index (χ4n) is 3.02. The SMILES string of the molecule is O=C(Cn1c(-c2ccc(Cl)cc2)nc2ccccc21)N/N=C\c1cc(F)ccc1F. The molecule has 4 aromatic rings. The van der Waals surface area contributed by atoms with Gasteiger partial charge in [-0.2, -0.15) is 5.10 Å². The Balaban J connectivity index is 1.59. The van der Waals surface area contributed by atoms with E-state index in [2.05, 4.69) is 15.5 Å². The van der Waals surface area contributed by atoms with Crippen LogP contribution in [0.15, 0.2) is 71.8 Å². The molecular formula is C22H15ClF2N4O. The quantitative estimate of drug-likeness (QED) is 0.370. The van der Waals surface area contributed by atoms with Crippen LogP contribution >= 0.6 is 11.6 Å². The van der Waals surface area contributed by atoms with Gasteiger partial charge in [0.1, 0.15) is 24.0 Å². The molecule has 5 nitrogen and oxygen atoms in total. The van der Waals surface area contributed by atoms with Gasteiger partial charge in [0.2, 0.25) is 0 Å². The molecule has 30 heavy (non-hydrogen) atoms. The van der Waals surface area contributed by atoms with Crippen molar-refractivity contribution in [1.29, 1.82) is 0 Å². The van der Waals surface area contributed by atoms with Crippen LogP contribution in [0.3, 0.4) is 0 Å². The van der Waals surface area contributed by atoms with E-state index in [-0.39, 0.29) is 12.1 Å². The van der Waals surface area contributed by atoms with Gasteiger partial charge in [-0.25, -0.2) is 19.2 Å². The third kappa shape index (κ3) is 4.21. The molecule has 4 rings (SSSR count). The van der Waals surface area contributed by atoms with Crippen LogP contribution in [-0.4, -0.2) is 21.7 Å². The molecule has 0 bridgehead atoms. The molecule has 1 amide bonds. The second-order valence-electron chi connectivity index (χ2n) is 6.48. The molecule has 0 aliphatic rings. The van der Waals surface area contributed by atoms with Gasteiger partial charge in [0.15, 0.2) is 0 Å². The number of hydrogen-bond donors (Lipinski definition) is 1. The molecule has 0 saturated carbocycles. The number of aromatic nitrogens is 2. The molecule has 0 spiro atoms. The van der Waals surface area contributed by atoms with E-state index in [4.69, 9.17) is 11.6 Å². The van der Waals surface area contributed by atoms with Crippen molar-refractivity contribution < 1.29 is 13.6 Å². The van der Waals surface area contributed by atoms with Gasteiger partial charge in [0.05, 0.1) is 17.2 Å². The van der Waals surface area contributed by atoms with Crippen LogP contribution in [0, 0.1) is 11.6 Å². The number of fused-ring (bicyclic) bond motifs is 1. The largest absolute Gasteiger partial charge is 0.314 e. The maximum Gasteiger partial charge on any atom is 0.260 e. The lowest BCUT2D eigenvalue weighted by Gasteiger charge is -2.08. The number of hydrogen-bond acceptors (Lipinski definition) is 3. The van der Waals surface area contributed by atoms with Crippen molar-refractivity contribution in [2.75, 3.05) is 0 Å². The van der Waals surface area contributed by atoms with Crippen molar-refractivity contribution in [1.82, 2.24) is 15.0 Å². The zero-order chi connectivity index (χ0) is 21.1. The fourth-order valence-corrected chi connectivity index (χ4v) is 3.15. The highest BCUT2D eigenvalue weighted by atomic mass is 35.5. The molecule has 0 unspecified atom stereocenters. The van der Waals surface area contributed by atoms with Gasteiger partial charge in [0.25, 0.3) is 5.91 Å². The van der Waals surface area contributed by atoms with Crippen molar-refractivity contribution >= 4 is 34.8 Å². The van der Waals surface area contributed by atoms with Crippen molar-refractivity contribution in [3.63, 3.8) is 0 Å². The third-order valence-corrected chi connectivity index (χ3v) is 4.66. The molecule has 0 atom stereocenters. The van der Waals surface area contributed by atoms with Crippen LogP contribution in [-0.2, 0) is 11.3 Å². The van der Waals surface area contributed by atoms with Crippen molar-refractivity contribution in [3.8, 4) is 11.4 Å². The standard InChI is InChI=1S/C22H15ClF2N4O/c23-16-7-5-14(6-8-16)22-27-19-3-1-2-4-20(19)29(22)13-21(30)28-26-12-15-11-17(24)9-10-18(15)25/h1-12H,13H2,(H,28,30)/b26-12-. The van der Waals surface area contributed by atoms with E-state index >= 15 is 0 Å². The Kier molecular flexibility index (Phi) is 5.54. The summed E-state index contributed by atoms with van der Waals surface area (Å²) in [4.78, 5) is 17.1. The van der Waals surface area contributed by atoms with Gasteiger partial charge in [0, 0.05) is 16.1 Å². The second-order valence-corrected chi connectivity index (χ2v) is 6.91. The van der Waals surface area contributed by atoms with Gasteiger partial charge < -0.3 is 4.57 Å². The first kappa shape index (κ1) is 19.7. The zero-order valence-electron chi connectivity index (χ0n) is 15.5. The second kappa shape index (κ2) is 8.42. The maximum absolute atomic E-state index is 13.7. The van der Waals surface area contributed by atoms with Crippen molar-refractivity contribution in [2.24, 2.45) is 5.10 Å². The van der Waals surface area contributed by atoms with Crippen LogP contribution in [0.1, 0.15) is 5.56 Å². The highest BCUT2D eigenvalue weighted by Gasteiger charge is 2.15. The smallest absolute Gasteiger partial charge is 0.260 e. The zero-order valence-corrected chi connectivity index (χ0v) is 16.3. The van der Waals surface area contributed by atoms with Gasteiger partial charge in [-0.3, -0.25) is 4.79 Å². The van der Waals surface area contributed by atoms with Gasteiger partial charge in [-0.15, -0.1) is 0 Å². The predicted octanol–water partition coefficient (Wildman–Crippen LogP) is 4.79. The third-order valence-electron chi connectivity index (χ3n) is 4.41. The summed E-state index contributed by atoms with van der Waals surface area (Å²) in [5.74, 6) is -1.08. The van der Waals surface area contributed by atoms with Crippen LogP contribution in [0.4, 0.5) is 8.78 Å². The van der Waals surface area contributed by atoms with E-state index in [0.29, 0.717) is 10.8 Å². The van der Waals surface area contributed by atoms with E-state index in [1.165, 1.54) is 0 Å². The molecule has 1 aromatic heterocycles. The Morgan fingerprint density at radius 2 is 1.87 bits per heavy atom. The number of halogens is 3. The molecule has 0 radical (unpaired) electrons. The summed E-state index contributed by atoms with van der Waals surface area (Å²) in [6.07, 6.45) is 1.06. The minimum Gasteiger partial charge on any atom is -0.314 e. The van der Waals surface area contributed by atoms with Crippen LogP contribution in [0.2, 0.25) is 5.02 Å². The lowest BCUT2D eigenvalue weighted by molar-refractivity contribution is -0.121. The lowest BCUT2D eigenvalue weighted by atomic mass is 10.2. The highest BCUT2D eigenvalue weighted by Crippen LogP contribution is 2.25. The molecule has 0 aliphatic heterocycles. The average Bonchev–Trinajstić information content (AvgIpc) is 3.09. The monoisotopic (exact) mass is 424 g/mol. The van der Waals surface area contributed by atoms with E-state index in [0.717, 1.165) is 41.0 Å². The van der Waals surface area contributed by atoms with Crippen molar-refractivity contribution in [2.45, 2.75) is 6.54 Å². The summed E-state index contributed by atoms with van der Waals surface area (Å²) >= 11 is 5.97. The fraction of sp³-hybridized carbons (Fsp3) is 0.0455. The minimum absolute atomic E-state index is 0.0646. The summed E-state index contributed by atoms with van der Waals surface area (Å²) in [5, 5.41) is 4.33. The summed E-state index contributed by atoms with van der Waals surface area (Å²) in [6.45, 7) is -0.0680. The van der Waals surface area contributed by atoms with E-state index < -0.39 is 17.5 Å². The average molecular weight is 425 g/mol. The molecule has 0 aliphatic carbocycles. The number of nitrogens with one attached hydrogen (secondary N) is 1. The molecule has 3 aromatic carbocycles. The number of nitrogens with zero attached hydrogens (tertiary/aromatic N) is 3. The summed E-state index contributed by atoms with van der Waals surface area (Å²) in [7, 11) is 0. The minimum atomic E-state index is -0.639. The molecule has 8 heteroatoms. The van der Waals surface area contributed by atoms with Gasteiger partial charge >= 0.3 is 0 Å². The number of benzene rings is 3. The Bertz CT molecular complexity index is 1250. The number of carbonyl (C=O) groups excluding carboxylic acids is 1. The van der Waals surface area contributed by atoms with E-state index in [1.807, 2.05) is 36.4 Å². The Morgan fingerprint density at radius 3 is 2.67 bits per heavy atom. The van der Waals surface area contributed by atoms with E-state index in [9.17, 15) is 13.6 Å². The first-order valence-corrected chi connectivity index (χ1v) is 9.37. The molecule has 1 heterocycles. The molecule has 1 N–H and O–H groups in total. The number of carbonyl (C=O) groups is 1. The van der Waals surface area contributed by atoms with Crippen LogP contribution in [0.25, 0.3) is 22.4 Å². The molecule has 0 fully saturated rings. The van der Waals surface area contributed by atoms with Crippen LogP contribution < -0.4 is 5.43 Å². The van der Waals surface area contributed by atoms with Gasteiger partial charge in [-0.1, -0.05) is 23.7 Å². The molecule has 150 valence electrons. The topological polar surface area (TPSA) is 59.3 Å². The highest BCUT2D eigenvalue weighted by molar-refractivity contribution is 6.30. The number of hydrazone groups is 1. The Morgan fingerprint density at radius 1 is 1.10 bits per heavy atom. The predicted molar refractivity (Wildman–Crippen MR) is 112 cm³/mol. The Hall–Kier alpha value is -3.58. The number of rotatable bonds is 5. The Labute approximate surface area is 175 Å². The molecule has 0 saturated heterocycles. The maximum atomic E-state index is 13.7. The summed E-state index contributed by atoms with van der Waals surface area (Å²) in [5.41, 5.74) is 4.59. The first-order valence-electron chi connectivity index (χ1n) is 8.99. The summed E-state index contributed by atoms with van der Waals surface area (Å²) < 4.78 is 28.6. The van der Waals surface area contributed by atoms with Gasteiger partial charge in [-0.05, 0) is 54.6 Å². The lowest BCUT2D eigenvalue weighted by Crippen LogP contribution is -2.23. The molecular weight excluding hydrogens is 410 g/mol. The first-order chi connectivity index (χ1) is 14.5. The van der Waals surface area contributed by atoms with Crippen molar-refractivity contribution in [3.05, 3.63) is 89.0 Å². The summed E-state index contributed by atoms with van der Waals surface area (Å²) in [6, 6.07) is 17.6.